The Kier molecular flexibility index (Phi) is 4.44. The molecule has 0 fully saturated rings. The number of rotatable bonds is 3. The highest BCUT2D eigenvalue weighted by molar-refractivity contribution is 8.00. The quantitative estimate of drug-likeness (QED) is 0.707. The molecule has 3 aromatic rings. The van der Waals surface area contributed by atoms with Gasteiger partial charge in [-0.1, -0.05) is 0 Å². The van der Waals surface area contributed by atoms with Gasteiger partial charge in [0, 0.05) is 21.4 Å². The summed E-state index contributed by atoms with van der Waals surface area (Å²) in [5.74, 6) is -0.319. The molecule has 0 saturated heterocycles. The summed E-state index contributed by atoms with van der Waals surface area (Å²) in [7, 11) is 0. The zero-order valence-corrected chi connectivity index (χ0v) is 14.9. The van der Waals surface area contributed by atoms with Crippen molar-refractivity contribution >= 4 is 45.7 Å². The molecule has 2 amide bonds. The lowest BCUT2D eigenvalue weighted by Crippen LogP contribution is -2.19. The number of carbonyl (C=O) groups is 2. The molecule has 0 atom stereocenters. The molecule has 1 aromatic heterocycles. The molecular weight excluding hydrogens is 373 g/mol. The van der Waals surface area contributed by atoms with Gasteiger partial charge in [-0.05, 0) is 42.5 Å². The Bertz CT molecular complexity index is 1000. The van der Waals surface area contributed by atoms with E-state index in [1.807, 2.05) is 6.07 Å². The predicted octanol–water partition coefficient (Wildman–Crippen LogP) is 4.25. The van der Waals surface area contributed by atoms with E-state index in [0.29, 0.717) is 27.8 Å². The molecule has 0 unspecified atom stereocenters. The Morgan fingerprint density at radius 1 is 1.19 bits per heavy atom. The number of hydrogen-bond donors (Lipinski definition) is 2. The number of anilines is 2. The molecule has 2 heterocycles. The third-order valence-electron chi connectivity index (χ3n) is 3.74. The number of halogens is 1. The summed E-state index contributed by atoms with van der Waals surface area (Å²) in [6.45, 7) is 0. The molecule has 130 valence electrons. The van der Waals surface area contributed by atoms with Crippen LogP contribution in [0.2, 0.25) is 0 Å². The van der Waals surface area contributed by atoms with E-state index in [-0.39, 0.29) is 17.6 Å². The Hall–Kier alpha value is -2.71. The minimum atomic E-state index is -0.310. The maximum Gasteiger partial charge on any atom is 0.257 e. The second kappa shape index (κ2) is 6.89. The molecule has 4 rings (SSSR count). The van der Waals surface area contributed by atoms with E-state index in [0.717, 1.165) is 10.5 Å². The third-order valence-corrected chi connectivity index (χ3v) is 5.57. The lowest BCUT2D eigenvalue weighted by Gasteiger charge is -2.16. The molecule has 5 nitrogen and oxygen atoms in total. The van der Waals surface area contributed by atoms with Crippen LogP contribution in [-0.2, 0) is 4.79 Å². The number of hydrogen-bond acceptors (Lipinski definition) is 5. The Balaban J connectivity index is 1.51. The highest BCUT2D eigenvalue weighted by Gasteiger charge is 2.18. The van der Waals surface area contributed by atoms with Crippen LogP contribution in [0.5, 0.6) is 0 Å². The fraction of sp³-hybridized carbons (Fsp3) is 0.0556. The van der Waals surface area contributed by atoms with Gasteiger partial charge in [0.2, 0.25) is 5.91 Å². The van der Waals surface area contributed by atoms with Crippen molar-refractivity contribution in [2.45, 2.75) is 4.90 Å². The molecular formula is C18H12FN3O2S2. The van der Waals surface area contributed by atoms with Crippen molar-refractivity contribution in [3.63, 3.8) is 0 Å². The number of thiazole rings is 1. The minimum Gasteiger partial charge on any atom is -0.324 e. The first-order chi connectivity index (χ1) is 12.6. The monoisotopic (exact) mass is 385 g/mol. The summed E-state index contributed by atoms with van der Waals surface area (Å²) < 4.78 is 13.0. The van der Waals surface area contributed by atoms with Gasteiger partial charge in [-0.3, -0.25) is 14.9 Å². The molecule has 0 bridgehead atoms. The second-order valence-corrected chi connectivity index (χ2v) is 7.42. The Morgan fingerprint density at radius 3 is 2.81 bits per heavy atom. The first-order valence-corrected chi connectivity index (χ1v) is 9.54. The number of fused-ring (bicyclic) bond motifs is 1. The molecule has 2 N–H and O–H groups in total. The lowest BCUT2D eigenvalue weighted by atomic mass is 10.2. The summed E-state index contributed by atoms with van der Waals surface area (Å²) in [5, 5.41) is 7.77. The van der Waals surface area contributed by atoms with Crippen molar-refractivity contribution in [3.05, 3.63) is 59.2 Å². The topological polar surface area (TPSA) is 71.1 Å². The maximum absolute atomic E-state index is 13.0. The van der Waals surface area contributed by atoms with Gasteiger partial charge in [-0.25, -0.2) is 9.37 Å². The maximum atomic E-state index is 13.0. The number of thioether (sulfide) groups is 1. The smallest absolute Gasteiger partial charge is 0.257 e. The molecule has 0 saturated carbocycles. The zero-order chi connectivity index (χ0) is 18.1. The third kappa shape index (κ3) is 3.47. The zero-order valence-electron chi connectivity index (χ0n) is 13.3. The van der Waals surface area contributed by atoms with Crippen molar-refractivity contribution < 1.29 is 14.0 Å². The number of carbonyl (C=O) groups excluding carboxylic acids is 2. The number of amides is 2. The van der Waals surface area contributed by atoms with Gasteiger partial charge < -0.3 is 5.32 Å². The predicted molar refractivity (Wildman–Crippen MR) is 101 cm³/mol. The van der Waals surface area contributed by atoms with Gasteiger partial charge in [0.05, 0.1) is 17.1 Å². The summed E-state index contributed by atoms with van der Waals surface area (Å²) in [6, 6.07) is 11.2. The van der Waals surface area contributed by atoms with Gasteiger partial charge in [-0.2, -0.15) is 0 Å². The highest BCUT2D eigenvalue weighted by atomic mass is 32.2. The van der Waals surface area contributed by atoms with Crippen molar-refractivity contribution in [1.82, 2.24) is 4.98 Å². The molecule has 8 heteroatoms. The van der Waals surface area contributed by atoms with E-state index in [4.69, 9.17) is 0 Å². The summed E-state index contributed by atoms with van der Waals surface area (Å²) >= 11 is 2.73. The van der Waals surface area contributed by atoms with Crippen molar-refractivity contribution in [3.8, 4) is 11.3 Å². The van der Waals surface area contributed by atoms with Crippen LogP contribution in [0.4, 0.5) is 15.2 Å². The average Bonchev–Trinajstić information content (AvgIpc) is 3.10. The summed E-state index contributed by atoms with van der Waals surface area (Å²) in [4.78, 5) is 29.3. The van der Waals surface area contributed by atoms with E-state index in [9.17, 15) is 14.0 Å². The highest BCUT2D eigenvalue weighted by Crippen LogP contribution is 2.32. The van der Waals surface area contributed by atoms with Crippen LogP contribution in [0.3, 0.4) is 0 Å². The van der Waals surface area contributed by atoms with Crippen LogP contribution < -0.4 is 10.6 Å². The second-order valence-electron chi connectivity index (χ2n) is 5.55. The standard InChI is InChI=1S/C18H12FN3O2S2/c19-12-4-1-10(2-5-12)14-8-26-18(21-14)22-17(24)11-3-6-15-13(7-11)20-16(23)9-25-15/h1-8H,9H2,(H,20,23)(H,21,22,24). The SMILES string of the molecule is O=C1CSc2ccc(C(=O)Nc3nc(-c4ccc(F)cc4)cs3)cc2N1. The van der Waals surface area contributed by atoms with Gasteiger partial charge in [-0.15, -0.1) is 23.1 Å². The normalized spacial score (nSPS) is 13.0. The van der Waals surface area contributed by atoms with E-state index in [1.165, 1.54) is 35.2 Å². The first kappa shape index (κ1) is 16.7. The summed E-state index contributed by atoms with van der Waals surface area (Å²) in [6.07, 6.45) is 0. The fourth-order valence-electron chi connectivity index (χ4n) is 2.48. The average molecular weight is 385 g/mol. The Morgan fingerprint density at radius 2 is 2.00 bits per heavy atom. The van der Waals surface area contributed by atoms with Crippen LogP contribution in [-0.4, -0.2) is 22.6 Å². The summed E-state index contributed by atoms with van der Waals surface area (Å²) in [5.41, 5.74) is 2.52. The number of nitrogens with one attached hydrogen (secondary N) is 2. The van der Waals surface area contributed by atoms with Crippen molar-refractivity contribution in [1.29, 1.82) is 0 Å². The van der Waals surface area contributed by atoms with Crippen LogP contribution in [0.1, 0.15) is 10.4 Å². The van der Waals surface area contributed by atoms with Gasteiger partial charge in [0.25, 0.3) is 5.91 Å². The molecule has 2 aromatic carbocycles. The molecule has 1 aliphatic heterocycles. The molecule has 0 aliphatic carbocycles. The largest absolute Gasteiger partial charge is 0.324 e. The van der Waals surface area contributed by atoms with Gasteiger partial charge in [0.1, 0.15) is 5.82 Å². The van der Waals surface area contributed by atoms with Crippen LogP contribution in [0, 0.1) is 5.82 Å². The van der Waals surface area contributed by atoms with Crippen molar-refractivity contribution in [2.75, 3.05) is 16.4 Å². The van der Waals surface area contributed by atoms with Crippen LogP contribution >= 0.6 is 23.1 Å². The van der Waals surface area contributed by atoms with Crippen LogP contribution in [0.25, 0.3) is 11.3 Å². The molecule has 0 spiro atoms. The van der Waals surface area contributed by atoms with E-state index >= 15 is 0 Å². The van der Waals surface area contributed by atoms with Gasteiger partial charge in [0.15, 0.2) is 5.13 Å². The van der Waals surface area contributed by atoms with E-state index in [1.54, 1.807) is 29.6 Å². The number of nitrogens with zero attached hydrogens (tertiary/aromatic N) is 1. The lowest BCUT2D eigenvalue weighted by molar-refractivity contribution is -0.113. The van der Waals surface area contributed by atoms with Crippen LogP contribution in [0.15, 0.2) is 52.7 Å². The van der Waals surface area contributed by atoms with Crippen molar-refractivity contribution in [2.24, 2.45) is 0 Å². The molecule has 1 aliphatic rings. The molecule has 26 heavy (non-hydrogen) atoms. The molecule has 0 radical (unpaired) electrons. The minimum absolute atomic E-state index is 0.0797. The number of aromatic nitrogens is 1. The van der Waals surface area contributed by atoms with E-state index < -0.39 is 0 Å². The first-order valence-electron chi connectivity index (χ1n) is 7.68. The Labute approximate surface area is 156 Å². The fourth-order valence-corrected chi connectivity index (χ4v) is 3.98. The van der Waals surface area contributed by atoms with Gasteiger partial charge >= 0.3 is 0 Å². The number of benzene rings is 2. The van der Waals surface area contributed by atoms with E-state index in [2.05, 4.69) is 15.6 Å².